The van der Waals surface area contributed by atoms with Gasteiger partial charge in [0.2, 0.25) is 5.95 Å². The van der Waals surface area contributed by atoms with E-state index in [2.05, 4.69) is 9.97 Å². The van der Waals surface area contributed by atoms with Crippen LogP contribution in [0.3, 0.4) is 0 Å². The van der Waals surface area contributed by atoms with Crippen LogP contribution < -0.4 is 4.31 Å². The number of aromatic nitrogens is 2. The minimum Gasteiger partial charge on any atom is -0.363 e. The number of benzene rings is 1. The highest BCUT2D eigenvalue weighted by Gasteiger charge is 2.37. The van der Waals surface area contributed by atoms with Gasteiger partial charge in [-0.2, -0.15) is 26.0 Å². The molecule has 35 heavy (non-hydrogen) atoms. The molecule has 2 heterocycles. The van der Waals surface area contributed by atoms with Gasteiger partial charge in [-0.05, 0) is 48.6 Å². The van der Waals surface area contributed by atoms with Crippen molar-refractivity contribution >= 4 is 15.8 Å². The van der Waals surface area contributed by atoms with Crippen molar-refractivity contribution in [2.45, 2.75) is 42.8 Å². The summed E-state index contributed by atoms with van der Waals surface area (Å²) in [5.74, 6) is -1.23. The van der Waals surface area contributed by atoms with Gasteiger partial charge in [0.25, 0.3) is 10.0 Å². The van der Waals surface area contributed by atoms with E-state index in [0.29, 0.717) is 9.87 Å². The Morgan fingerprint density at radius 3 is 2.37 bits per heavy atom. The van der Waals surface area contributed by atoms with Gasteiger partial charge in [-0.3, -0.25) is 0 Å². The fourth-order valence-electron chi connectivity index (χ4n) is 4.35. The van der Waals surface area contributed by atoms with Crippen molar-refractivity contribution in [2.75, 3.05) is 18.1 Å². The number of sulfonamides is 1. The number of hydrogen-bond donors (Lipinski definition) is 0. The van der Waals surface area contributed by atoms with E-state index in [1.54, 1.807) is 24.3 Å². The highest BCUT2D eigenvalue weighted by molar-refractivity contribution is 7.92. The Kier molecular flexibility index (Phi) is 7.09. The van der Waals surface area contributed by atoms with Gasteiger partial charge in [0, 0.05) is 12.7 Å². The summed E-state index contributed by atoms with van der Waals surface area (Å²) in [6.07, 6.45) is -1.04. The van der Waals surface area contributed by atoms with E-state index in [-0.39, 0.29) is 17.4 Å². The SMILES string of the molecule is COCN(c1ccc(C(F)(F)F)c(-c2ccccc2C2CCCC2)n1)S(=O)(=O)c1cccc(F)n1. The van der Waals surface area contributed by atoms with Crippen LogP contribution in [-0.2, 0) is 20.9 Å². The molecule has 0 N–H and O–H groups in total. The lowest BCUT2D eigenvalue weighted by Gasteiger charge is -2.24. The quantitative estimate of drug-likeness (QED) is 0.230. The molecule has 0 amide bonds. The molecule has 1 fully saturated rings. The number of ether oxygens (including phenoxy) is 1. The standard InChI is InChI=1S/C24H23F4N3O3S/c1-34-15-31(35(32,33)22-12-6-11-20(25)29-22)21-14-13-19(24(26,27)28)23(30-21)18-10-5-4-9-17(18)16-7-2-3-8-16/h4-6,9-14,16H,2-3,7-8,15H2,1H3. The molecule has 0 radical (unpaired) electrons. The molecule has 1 aromatic carbocycles. The van der Waals surface area contributed by atoms with Crippen molar-refractivity contribution < 1.29 is 30.7 Å². The third-order valence-electron chi connectivity index (χ3n) is 5.94. The topological polar surface area (TPSA) is 72.4 Å². The average Bonchev–Trinajstić information content (AvgIpc) is 3.36. The predicted octanol–water partition coefficient (Wildman–Crippen LogP) is 5.76. The molecule has 0 unspecified atom stereocenters. The van der Waals surface area contributed by atoms with Crippen molar-refractivity contribution in [3.8, 4) is 11.3 Å². The zero-order valence-electron chi connectivity index (χ0n) is 18.8. The lowest BCUT2D eigenvalue weighted by Crippen LogP contribution is -2.34. The molecular formula is C24H23F4N3O3S. The maximum absolute atomic E-state index is 14.0. The van der Waals surface area contributed by atoms with Gasteiger partial charge in [0.1, 0.15) is 12.5 Å². The second-order valence-corrected chi connectivity index (χ2v) is 10.0. The molecule has 0 bridgehead atoms. The maximum Gasteiger partial charge on any atom is 0.418 e. The summed E-state index contributed by atoms with van der Waals surface area (Å²) in [6, 6.07) is 11.8. The Bertz CT molecular complexity index is 1310. The lowest BCUT2D eigenvalue weighted by atomic mass is 9.90. The molecule has 11 heteroatoms. The molecule has 0 aliphatic heterocycles. The molecular weight excluding hydrogens is 486 g/mol. The molecule has 0 atom stereocenters. The van der Waals surface area contributed by atoms with Crippen LogP contribution in [0.1, 0.15) is 42.7 Å². The van der Waals surface area contributed by atoms with Crippen LogP contribution >= 0.6 is 0 Å². The summed E-state index contributed by atoms with van der Waals surface area (Å²) < 4.78 is 87.8. The smallest absolute Gasteiger partial charge is 0.363 e. The van der Waals surface area contributed by atoms with Crippen LogP contribution in [0.5, 0.6) is 0 Å². The maximum atomic E-state index is 14.0. The van der Waals surface area contributed by atoms with Crippen molar-refractivity contribution in [2.24, 2.45) is 0 Å². The first-order valence-electron chi connectivity index (χ1n) is 10.9. The normalized spacial score (nSPS) is 14.9. The Labute approximate surface area is 200 Å². The molecule has 3 aromatic rings. The van der Waals surface area contributed by atoms with Gasteiger partial charge >= 0.3 is 6.18 Å². The van der Waals surface area contributed by atoms with Crippen LogP contribution in [0, 0.1) is 5.95 Å². The van der Waals surface area contributed by atoms with Gasteiger partial charge in [0.05, 0.1) is 11.3 Å². The van der Waals surface area contributed by atoms with Crippen LogP contribution in [0.4, 0.5) is 23.4 Å². The summed E-state index contributed by atoms with van der Waals surface area (Å²) in [7, 11) is -3.27. The third kappa shape index (κ3) is 5.15. The molecule has 0 spiro atoms. The van der Waals surface area contributed by atoms with Crippen LogP contribution in [-0.4, -0.2) is 32.2 Å². The van der Waals surface area contributed by atoms with E-state index in [9.17, 15) is 26.0 Å². The second kappa shape index (κ2) is 9.90. The highest BCUT2D eigenvalue weighted by atomic mass is 32.2. The summed E-state index contributed by atoms with van der Waals surface area (Å²) in [5.41, 5.74) is -0.313. The second-order valence-electron chi connectivity index (χ2n) is 8.20. The first-order chi connectivity index (χ1) is 16.6. The number of rotatable bonds is 7. The molecule has 186 valence electrons. The Morgan fingerprint density at radius 1 is 1.00 bits per heavy atom. The first-order valence-corrected chi connectivity index (χ1v) is 12.4. The van der Waals surface area contributed by atoms with E-state index in [1.807, 2.05) is 0 Å². The molecule has 2 aromatic heterocycles. The van der Waals surface area contributed by atoms with E-state index >= 15 is 0 Å². The zero-order chi connectivity index (χ0) is 25.2. The van der Waals surface area contributed by atoms with Crippen LogP contribution in [0.15, 0.2) is 59.6 Å². The van der Waals surface area contributed by atoms with Crippen molar-refractivity contribution in [3.63, 3.8) is 0 Å². The number of anilines is 1. The van der Waals surface area contributed by atoms with Gasteiger partial charge in [0.15, 0.2) is 5.03 Å². The number of pyridine rings is 2. The van der Waals surface area contributed by atoms with Crippen molar-refractivity contribution in [1.82, 2.24) is 9.97 Å². The third-order valence-corrected chi connectivity index (χ3v) is 7.57. The average molecular weight is 510 g/mol. The molecule has 6 nitrogen and oxygen atoms in total. The number of methoxy groups -OCH3 is 1. The van der Waals surface area contributed by atoms with Gasteiger partial charge < -0.3 is 4.74 Å². The number of halogens is 4. The van der Waals surface area contributed by atoms with Gasteiger partial charge in [-0.25, -0.2) is 14.3 Å². The Morgan fingerprint density at radius 2 is 1.71 bits per heavy atom. The van der Waals surface area contributed by atoms with E-state index < -0.39 is 39.5 Å². The summed E-state index contributed by atoms with van der Waals surface area (Å²) >= 11 is 0. The van der Waals surface area contributed by atoms with E-state index in [4.69, 9.17) is 4.74 Å². The van der Waals surface area contributed by atoms with Crippen LogP contribution in [0.25, 0.3) is 11.3 Å². The largest absolute Gasteiger partial charge is 0.418 e. The minimum atomic E-state index is -4.72. The molecule has 4 rings (SSSR count). The first kappa shape index (κ1) is 25.1. The Balaban J connectivity index is 1.90. The summed E-state index contributed by atoms with van der Waals surface area (Å²) in [5, 5.41) is -0.621. The molecule has 0 saturated heterocycles. The van der Waals surface area contributed by atoms with E-state index in [1.165, 1.54) is 13.2 Å². The number of hydrogen-bond acceptors (Lipinski definition) is 5. The summed E-state index contributed by atoms with van der Waals surface area (Å²) in [6.45, 7) is -0.567. The molecule has 1 saturated carbocycles. The fourth-order valence-corrected chi connectivity index (χ4v) is 5.62. The van der Waals surface area contributed by atoms with Gasteiger partial charge in [-0.15, -0.1) is 0 Å². The Hall–Kier alpha value is -3.05. The monoisotopic (exact) mass is 509 g/mol. The fraction of sp³-hybridized carbons (Fsp3) is 0.333. The molecule has 1 aliphatic carbocycles. The van der Waals surface area contributed by atoms with Gasteiger partial charge in [-0.1, -0.05) is 43.2 Å². The van der Waals surface area contributed by atoms with E-state index in [0.717, 1.165) is 55.5 Å². The lowest BCUT2D eigenvalue weighted by molar-refractivity contribution is -0.137. The predicted molar refractivity (Wildman–Crippen MR) is 122 cm³/mol. The van der Waals surface area contributed by atoms with Crippen molar-refractivity contribution in [1.29, 1.82) is 0 Å². The van der Waals surface area contributed by atoms with Crippen LogP contribution in [0.2, 0.25) is 0 Å². The number of nitrogens with zero attached hydrogens (tertiary/aromatic N) is 3. The minimum absolute atomic E-state index is 0.0908. The number of alkyl halides is 3. The zero-order valence-corrected chi connectivity index (χ0v) is 19.6. The molecule has 1 aliphatic rings. The highest BCUT2D eigenvalue weighted by Crippen LogP contribution is 2.43. The van der Waals surface area contributed by atoms with Crippen molar-refractivity contribution in [3.05, 3.63) is 71.7 Å². The summed E-state index contributed by atoms with van der Waals surface area (Å²) in [4.78, 5) is 7.62.